The number of allylic oxidation sites excluding steroid dienone is 1. The molecule has 1 N–H and O–H groups in total. The predicted octanol–water partition coefficient (Wildman–Crippen LogP) is 2.87. The summed E-state index contributed by atoms with van der Waals surface area (Å²) in [6.45, 7) is 14.6. The van der Waals surface area contributed by atoms with Crippen molar-refractivity contribution in [1.29, 1.82) is 0 Å². The van der Waals surface area contributed by atoms with Gasteiger partial charge in [-0.2, -0.15) is 5.10 Å². The third-order valence-corrected chi connectivity index (χ3v) is 2.90. The highest BCUT2D eigenvalue weighted by Crippen LogP contribution is 2.23. The maximum absolute atomic E-state index is 11.5. The van der Waals surface area contributed by atoms with Gasteiger partial charge in [0, 0.05) is 18.2 Å². The number of carbonyl (C=O) groups excluding carboxylic acids is 1. The van der Waals surface area contributed by atoms with Crippen molar-refractivity contribution in [2.45, 2.75) is 52.2 Å². The van der Waals surface area contributed by atoms with Gasteiger partial charge in [0.05, 0.1) is 12.7 Å². The molecule has 0 aliphatic rings. The van der Waals surface area contributed by atoms with Crippen LogP contribution in [0.15, 0.2) is 25.0 Å². The molecule has 1 amide bonds. The lowest BCUT2D eigenvalue weighted by atomic mass is 9.87. The number of nitrogens with zero attached hydrogens (tertiary/aromatic N) is 2. The van der Waals surface area contributed by atoms with Crippen LogP contribution in [0.3, 0.4) is 0 Å². The zero-order valence-electron chi connectivity index (χ0n) is 13.1. The molecule has 0 saturated heterocycles. The van der Waals surface area contributed by atoms with Crippen molar-refractivity contribution < 1.29 is 9.53 Å². The molecule has 0 unspecified atom stereocenters. The van der Waals surface area contributed by atoms with Gasteiger partial charge in [-0.25, -0.2) is 4.79 Å². The summed E-state index contributed by atoms with van der Waals surface area (Å²) < 4.78 is 6.96. The smallest absolute Gasteiger partial charge is 0.407 e. The fraction of sp³-hybridized carbons (Fsp3) is 0.600. The maximum atomic E-state index is 11.5. The summed E-state index contributed by atoms with van der Waals surface area (Å²) in [6.07, 6.45) is 5.29. The second-order valence-electron chi connectivity index (χ2n) is 6.35. The number of hydrogen-bond acceptors (Lipinski definition) is 3. The van der Waals surface area contributed by atoms with Gasteiger partial charge in [0.2, 0.25) is 0 Å². The maximum Gasteiger partial charge on any atom is 0.407 e. The number of alkyl carbamates (subject to hydrolysis) is 1. The standard InChI is InChI=1S/C15H25N3O2/c1-7-15(5,6)12-10-17-18(11-12)9-8-16-13(19)20-14(2,3)4/h7,10-11H,1,8-9H2,2-6H3,(H,16,19). The lowest BCUT2D eigenvalue weighted by molar-refractivity contribution is 0.0525. The molecule has 5 heteroatoms. The number of amides is 1. The fourth-order valence-corrected chi connectivity index (χ4v) is 1.52. The third kappa shape index (κ3) is 5.07. The van der Waals surface area contributed by atoms with E-state index in [1.807, 2.05) is 39.2 Å². The van der Waals surface area contributed by atoms with Crippen molar-refractivity contribution in [2.75, 3.05) is 6.54 Å². The lowest BCUT2D eigenvalue weighted by Gasteiger charge is -2.19. The van der Waals surface area contributed by atoms with Crippen LogP contribution >= 0.6 is 0 Å². The monoisotopic (exact) mass is 279 g/mol. The second kappa shape index (κ2) is 6.11. The molecule has 1 aromatic rings. The molecule has 0 aliphatic carbocycles. The van der Waals surface area contributed by atoms with Gasteiger partial charge in [-0.3, -0.25) is 4.68 Å². The van der Waals surface area contributed by atoms with E-state index in [4.69, 9.17) is 4.74 Å². The van der Waals surface area contributed by atoms with Crippen molar-refractivity contribution in [1.82, 2.24) is 15.1 Å². The Hall–Kier alpha value is -1.78. The first-order valence-corrected chi connectivity index (χ1v) is 6.77. The predicted molar refractivity (Wildman–Crippen MR) is 79.7 cm³/mol. The van der Waals surface area contributed by atoms with Crippen LogP contribution in [0.1, 0.15) is 40.2 Å². The summed E-state index contributed by atoms with van der Waals surface area (Å²) in [5, 5.41) is 6.99. The molecule has 0 aromatic carbocycles. The van der Waals surface area contributed by atoms with Crippen molar-refractivity contribution in [3.05, 3.63) is 30.6 Å². The van der Waals surface area contributed by atoms with E-state index < -0.39 is 11.7 Å². The number of hydrogen-bond donors (Lipinski definition) is 1. The minimum absolute atomic E-state index is 0.100. The summed E-state index contributed by atoms with van der Waals surface area (Å²) in [5.41, 5.74) is 0.526. The second-order valence-corrected chi connectivity index (χ2v) is 6.35. The lowest BCUT2D eigenvalue weighted by Crippen LogP contribution is -2.34. The molecule has 0 radical (unpaired) electrons. The molecule has 0 saturated carbocycles. The van der Waals surface area contributed by atoms with E-state index in [1.54, 1.807) is 4.68 Å². The van der Waals surface area contributed by atoms with Crippen molar-refractivity contribution in [3.63, 3.8) is 0 Å². The normalized spacial score (nSPS) is 12.1. The summed E-state index contributed by atoms with van der Waals surface area (Å²) >= 11 is 0. The molecule has 0 spiro atoms. The van der Waals surface area contributed by atoms with Crippen molar-refractivity contribution in [2.24, 2.45) is 0 Å². The van der Waals surface area contributed by atoms with E-state index in [0.29, 0.717) is 13.1 Å². The Labute approximate surface area is 121 Å². The van der Waals surface area contributed by atoms with E-state index in [2.05, 4.69) is 30.8 Å². The number of aromatic nitrogens is 2. The van der Waals surface area contributed by atoms with Crippen molar-refractivity contribution >= 4 is 6.09 Å². The molecule has 0 bridgehead atoms. The van der Waals surface area contributed by atoms with Crippen LogP contribution in [0.25, 0.3) is 0 Å². The van der Waals surface area contributed by atoms with Gasteiger partial charge in [0.25, 0.3) is 0 Å². The van der Waals surface area contributed by atoms with Gasteiger partial charge < -0.3 is 10.1 Å². The van der Waals surface area contributed by atoms with Crippen LogP contribution in [0.4, 0.5) is 4.79 Å². The average molecular weight is 279 g/mol. The minimum Gasteiger partial charge on any atom is -0.444 e. The summed E-state index contributed by atoms with van der Waals surface area (Å²) in [6, 6.07) is 0. The van der Waals surface area contributed by atoms with E-state index >= 15 is 0 Å². The average Bonchev–Trinajstić information content (AvgIpc) is 2.76. The number of carbonyl (C=O) groups is 1. The van der Waals surface area contributed by atoms with Crippen LogP contribution in [0.2, 0.25) is 0 Å². The summed E-state index contributed by atoms with van der Waals surface area (Å²) in [5.74, 6) is 0. The Morgan fingerprint density at radius 2 is 2.10 bits per heavy atom. The first-order chi connectivity index (χ1) is 9.14. The van der Waals surface area contributed by atoms with E-state index in [1.165, 1.54) is 0 Å². The van der Waals surface area contributed by atoms with Gasteiger partial charge in [-0.1, -0.05) is 19.9 Å². The van der Waals surface area contributed by atoms with Gasteiger partial charge in [0.15, 0.2) is 0 Å². The number of ether oxygens (including phenoxy) is 1. The molecule has 0 aliphatic heterocycles. The molecule has 0 fully saturated rings. The number of rotatable bonds is 5. The quantitative estimate of drug-likeness (QED) is 0.843. The van der Waals surface area contributed by atoms with Gasteiger partial charge in [-0.15, -0.1) is 6.58 Å². The highest BCUT2D eigenvalue weighted by molar-refractivity contribution is 5.67. The first-order valence-electron chi connectivity index (χ1n) is 6.77. The zero-order valence-corrected chi connectivity index (χ0v) is 13.1. The molecule has 1 heterocycles. The van der Waals surface area contributed by atoms with Gasteiger partial charge in [0.1, 0.15) is 5.60 Å². The molecule has 1 aromatic heterocycles. The minimum atomic E-state index is -0.475. The van der Waals surface area contributed by atoms with Gasteiger partial charge in [-0.05, 0) is 26.3 Å². The molecular formula is C15H25N3O2. The molecule has 5 nitrogen and oxygen atoms in total. The van der Waals surface area contributed by atoms with E-state index in [0.717, 1.165) is 5.56 Å². The first kappa shape index (κ1) is 16.3. The highest BCUT2D eigenvalue weighted by atomic mass is 16.6. The summed E-state index contributed by atoms with van der Waals surface area (Å²) in [4.78, 5) is 11.5. The molecule has 1 rings (SSSR count). The van der Waals surface area contributed by atoms with Crippen LogP contribution in [0.5, 0.6) is 0 Å². The van der Waals surface area contributed by atoms with Crippen molar-refractivity contribution in [3.8, 4) is 0 Å². The van der Waals surface area contributed by atoms with Gasteiger partial charge >= 0.3 is 6.09 Å². The molecule has 0 atom stereocenters. The molecule has 20 heavy (non-hydrogen) atoms. The third-order valence-electron chi connectivity index (χ3n) is 2.90. The zero-order chi connectivity index (χ0) is 15.4. The van der Waals surface area contributed by atoms with E-state index in [9.17, 15) is 4.79 Å². The molecule has 112 valence electrons. The van der Waals surface area contributed by atoms with Crippen LogP contribution in [-0.4, -0.2) is 28.0 Å². The Morgan fingerprint density at radius 3 is 2.65 bits per heavy atom. The van der Waals surface area contributed by atoms with Crippen LogP contribution in [-0.2, 0) is 16.7 Å². The largest absolute Gasteiger partial charge is 0.444 e. The SMILES string of the molecule is C=CC(C)(C)c1cnn(CCNC(=O)OC(C)(C)C)c1. The Bertz CT molecular complexity index is 470. The fourth-order valence-electron chi connectivity index (χ4n) is 1.52. The van der Waals surface area contributed by atoms with Crippen LogP contribution < -0.4 is 5.32 Å². The number of nitrogens with one attached hydrogen (secondary N) is 1. The Kier molecular flexibility index (Phi) is 4.98. The summed E-state index contributed by atoms with van der Waals surface area (Å²) in [7, 11) is 0. The van der Waals surface area contributed by atoms with E-state index in [-0.39, 0.29) is 5.41 Å². The van der Waals surface area contributed by atoms with Crippen LogP contribution in [0, 0.1) is 0 Å². The topological polar surface area (TPSA) is 56.2 Å². The Balaban J connectivity index is 2.44. The molecular weight excluding hydrogens is 254 g/mol. The Morgan fingerprint density at radius 1 is 1.45 bits per heavy atom. The highest BCUT2D eigenvalue weighted by Gasteiger charge is 2.18.